The van der Waals surface area contributed by atoms with Crippen molar-refractivity contribution in [1.82, 2.24) is 14.7 Å². The first-order chi connectivity index (χ1) is 9.06. The molecule has 0 aromatic carbocycles. The molecule has 2 heterocycles. The van der Waals surface area contributed by atoms with Gasteiger partial charge in [-0.25, -0.2) is 0 Å². The molecule has 1 saturated heterocycles. The van der Waals surface area contributed by atoms with Crippen LogP contribution >= 0.6 is 15.9 Å². The zero-order valence-corrected chi connectivity index (χ0v) is 13.4. The van der Waals surface area contributed by atoms with Gasteiger partial charge in [0.1, 0.15) is 0 Å². The molecular weight excluding hydrogens is 310 g/mol. The van der Waals surface area contributed by atoms with Crippen molar-refractivity contribution in [3.8, 4) is 0 Å². The molecule has 0 bridgehead atoms. The highest BCUT2D eigenvalue weighted by Gasteiger charge is 2.27. The fraction of sp³-hybridized carbons (Fsp3) is 0.769. The lowest BCUT2D eigenvalue weighted by atomic mass is 10.2. The molecule has 1 N–H and O–H groups in total. The van der Waals surface area contributed by atoms with Crippen LogP contribution in [0.1, 0.15) is 25.2 Å². The Hall–Kier alpha value is -0.430. The summed E-state index contributed by atoms with van der Waals surface area (Å²) in [6.07, 6.45) is -0.0749. The Kier molecular flexibility index (Phi) is 5.00. The van der Waals surface area contributed by atoms with Crippen molar-refractivity contribution in [2.24, 2.45) is 0 Å². The lowest BCUT2D eigenvalue weighted by Crippen LogP contribution is -2.49. The van der Waals surface area contributed by atoms with Crippen LogP contribution in [0.2, 0.25) is 0 Å². The van der Waals surface area contributed by atoms with E-state index in [1.54, 1.807) is 0 Å². The summed E-state index contributed by atoms with van der Waals surface area (Å²) in [6, 6.07) is 0.357. The molecule has 0 aliphatic carbocycles. The topological polar surface area (TPSA) is 50.5 Å². The highest BCUT2D eigenvalue weighted by Crippen LogP contribution is 2.24. The molecule has 1 aromatic heterocycles. The van der Waals surface area contributed by atoms with Crippen molar-refractivity contribution in [2.75, 3.05) is 19.8 Å². The van der Waals surface area contributed by atoms with Crippen molar-refractivity contribution in [3.63, 3.8) is 0 Å². The normalized spacial score (nSPS) is 24.9. The lowest BCUT2D eigenvalue weighted by Gasteiger charge is -2.37. The van der Waals surface area contributed by atoms with Crippen LogP contribution in [0.25, 0.3) is 0 Å². The second-order valence-corrected chi connectivity index (χ2v) is 5.87. The van der Waals surface area contributed by atoms with Crippen molar-refractivity contribution in [1.29, 1.82) is 0 Å². The Morgan fingerprint density at radius 2 is 2.26 bits per heavy atom. The summed E-state index contributed by atoms with van der Waals surface area (Å²) in [5.41, 5.74) is 2.22. The van der Waals surface area contributed by atoms with E-state index < -0.39 is 0 Å². The van der Waals surface area contributed by atoms with Crippen molar-refractivity contribution < 1.29 is 9.84 Å². The summed E-state index contributed by atoms with van der Waals surface area (Å²) < 4.78 is 8.70. The van der Waals surface area contributed by atoms with Crippen molar-refractivity contribution in [2.45, 2.75) is 46.0 Å². The number of nitrogens with zero attached hydrogens (tertiary/aromatic N) is 3. The highest BCUT2D eigenvalue weighted by atomic mass is 79.9. The van der Waals surface area contributed by atoms with Gasteiger partial charge in [0.05, 0.1) is 35.2 Å². The Balaban J connectivity index is 2.15. The molecule has 2 rings (SSSR count). The molecule has 0 spiro atoms. The van der Waals surface area contributed by atoms with E-state index in [1.165, 1.54) is 5.69 Å². The molecular formula is C13H22BrN3O2. The van der Waals surface area contributed by atoms with E-state index in [0.717, 1.165) is 29.8 Å². The van der Waals surface area contributed by atoms with Crippen LogP contribution in [0, 0.1) is 6.92 Å². The number of hydrogen-bond acceptors (Lipinski definition) is 4. The van der Waals surface area contributed by atoms with E-state index in [4.69, 9.17) is 4.74 Å². The van der Waals surface area contributed by atoms with E-state index in [2.05, 4.69) is 39.8 Å². The third-order valence-electron chi connectivity index (χ3n) is 3.64. The smallest absolute Gasteiger partial charge is 0.0933 e. The van der Waals surface area contributed by atoms with Gasteiger partial charge in [0.2, 0.25) is 0 Å². The van der Waals surface area contributed by atoms with Crippen LogP contribution in [0.5, 0.6) is 0 Å². The number of aromatic nitrogens is 2. The molecule has 0 radical (unpaired) electrons. The predicted octanol–water partition coefficient (Wildman–Crippen LogP) is 1.56. The van der Waals surface area contributed by atoms with Gasteiger partial charge in [-0.2, -0.15) is 5.10 Å². The quantitative estimate of drug-likeness (QED) is 0.909. The summed E-state index contributed by atoms with van der Waals surface area (Å²) >= 11 is 3.63. The standard InChI is InChI=1S/C13H22BrN3O2/c1-4-17-12(13(14)10(3)15-17)6-16-5-11(7-18)19-8-9(16)2/h9,11,18H,4-8H2,1-3H3. The second-order valence-electron chi connectivity index (χ2n) is 5.08. The Morgan fingerprint density at radius 1 is 1.53 bits per heavy atom. The minimum Gasteiger partial charge on any atom is -0.394 e. The fourth-order valence-corrected chi connectivity index (χ4v) is 2.83. The van der Waals surface area contributed by atoms with Crippen molar-refractivity contribution >= 4 is 15.9 Å². The molecule has 0 amide bonds. The SMILES string of the molecule is CCn1nc(C)c(Br)c1CN1CC(CO)OCC1C. The summed E-state index contributed by atoms with van der Waals surface area (Å²) in [7, 11) is 0. The molecule has 1 aliphatic rings. The van der Waals surface area contributed by atoms with Gasteiger partial charge in [-0.3, -0.25) is 9.58 Å². The number of ether oxygens (including phenoxy) is 1. The van der Waals surface area contributed by atoms with Crippen LogP contribution in [0.15, 0.2) is 4.47 Å². The number of halogens is 1. The van der Waals surface area contributed by atoms with E-state index in [9.17, 15) is 5.11 Å². The molecule has 5 nitrogen and oxygen atoms in total. The molecule has 6 heteroatoms. The third kappa shape index (κ3) is 3.18. The molecule has 2 unspecified atom stereocenters. The summed E-state index contributed by atoms with van der Waals surface area (Å²) in [4.78, 5) is 2.35. The molecule has 0 saturated carbocycles. The van der Waals surface area contributed by atoms with Gasteiger partial charge in [-0.15, -0.1) is 0 Å². The monoisotopic (exact) mass is 331 g/mol. The van der Waals surface area contributed by atoms with Crippen LogP contribution in [-0.4, -0.2) is 51.7 Å². The highest BCUT2D eigenvalue weighted by molar-refractivity contribution is 9.10. The van der Waals surface area contributed by atoms with E-state index in [0.29, 0.717) is 12.6 Å². The van der Waals surface area contributed by atoms with Gasteiger partial charge in [-0.05, 0) is 36.7 Å². The zero-order valence-electron chi connectivity index (χ0n) is 11.8. The lowest BCUT2D eigenvalue weighted by molar-refractivity contribution is -0.0812. The van der Waals surface area contributed by atoms with Crippen LogP contribution in [-0.2, 0) is 17.8 Å². The molecule has 1 aliphatic heterocycles. The molecule has 1 aromatic rings. The maximum absolute atomic E-state index is 9.24. The maximum Gasteiger partial charge on any atom is 0.0933 e. The number of aliphatic hydroxyl groups excluding tert-OH is 1. The number of hydrogen-bond donors (Lipinski definition) is 1. The first-order valence-electron chi connectivity index (χ1n) is 6.75. The molecule has 19 heavy (non-hydrogen) atoms. The summed E-state index contributed by atoms with van der Waals surface area (Å²) in [5.74, 6) is 0. The third-order valence-corrected chi connectivity index (χ3v) is 4.68. The molecule has 2 atom stereocenters. The van der Waals surface area contributed by atoms with Gasteiger partial charge in [0, 0.05) is 25.7 Å². The van der Waals surface area contributed by atoms with E-state index in [1.807, 2.05) is 11.6 Å². The van der Waals surface area contributed by atoms with Gasteiger partial charge in [0.15, 0.2) is 0 Å². The predicted molar refractivity (Wildman–Crippen MR) is 77.0 cm³/mol. The summed E-state index contributed by atoms with van der Waals surface area (Å²) in [5, 5.41) is 13.8. The maximum atomic E-state index is 9.24. The Labute approximate surface area is 122 Å². The fourth-order valence-electron chi connectivity index (χ4n) is 2.42. The van der Waals surface area contributed by atoms with E-state index >= 15 is 0 Å². The first-order valence-corrected chi connectivity index (χ1v) is 7.54. The largest absolute Gasteiger partial charge is 0.394 e. The number of aliphatic hydroxyl groups is 1. The average molecular weight is 332 g/mol. The van der Waals surface area contributed by atoms with Gasteiger partial charge in [-0.1, -0.05) is 0 Å². The Morgan fingerprint density at radius 3 is 2.89 bits per heavy atom. The van der Waals surface area contributed by atoms with Gasteiger partial charge >= 0.3 is 0 Å². The minimum atomic E-state index is -0.0749. The number of rotatable bonds is 4. The van der Waals surface area contributed by atoms with Crippen LogP contribution in [0.3, 0.4) is 0 Å². The zero-order chi connectivity index (χ0) is 14.0. The summed E-state index contributed by atoms with van der Waals surface area (Å²) in [6.45, 7) is 9.47. The second kappa shape index (κ2) is 6.35. The van der Waals surface area contributed by atoms with E-state index in [-0.39, 0.29) is 12.7 Å². The van der Waals surface area contributed by atoms with Crippen LogP contribution in [0.4, 0.5) is 0 Å². The number of morpholine rings is 1. The molecule has 108 valence electrons. The minimum absolute atomic E-state index is 0.0749. The first kappa shape index (κ1) is 15.0. The average Bonchev–Trinajstić information content (AvgIpc) is 2.68. The van der Waals surface area contributed by atoms with Gasteiger partial charge < -0.3 is 9.84 Å². The number of aryl methyl sites for hydroxylation is 2. The van der Waals surface area contributed by atoms with Crippen LogP contribution < -0.4 is 0 Å². The Bertz CT molecular complexity index is 436. The molecule has 1 fully saturated rings. The van der Waals surface area contributed by atoms with Gasteiger partial charge in [0.25, 0.3) is 0 Å². The van der Waals surface area contributed by atoms with Crippen molar-refractivity contribution in [3.05, 3.63) is 15.9 Å².